The molecule has 0 bridgehead atoms. The first kappa shape index (κ1) is 12.3. The lowest BCUT2D eigenvalue weighted by Gasteiger charge is -2.27. The molecule has 0 amide bonds. The zero-order valence-corrected chi connectivity index (χ0v) is 10.6. The third kappa shape index (κ3) is 3.67. The Labute approximate surface area is 104 Å². The first-order chi connectivity index (χ1) is 8.25. The second-order valence-corrected chi connectivity index (χ2v) is 4.98. The van der Waals surface area contributed by atoms with Crippen LogP contribution in [0.2, 0.25) is 0 Å². The van der Waals surface area contributed by atoms with Gasteiger partial charge in [0.25, 0.3) is 0 Å². The fraction of sp³-hybridized carbons (Fsp3) is 0.533. The summed E-state index contributed by atoms with van der Waals surface area (Å²) in [6.45, 7) is 5.31. The molecule has 0 saturated carbocycles. The van der Waals surface area contributed by atoms with Gasteiger partial charge in [-0.1, -0.05) is 37.3 Å². The number of Topliss-reactive ketones (excluding diaryl/α,β-unsaturated/α-hetero) is 1. The summed E-state index contributed by atoms with van der Waals surface area (Å²) >= 11 is 0. The Morgan fingerprint density at radius 1 is 1.18 bits per heavy atom. The zero-order chi connectivity index (χ0) is 12.1. The number of benzene rings is 1. The van der Waals surface area contributed by atoms with Crippen LogP contribution in [0.4, 0.5) is 0 Å². The summed E-state index contributed by atoms with van der Waals surface area (Å²) < 4.78 is 0. The minimum atomic E-state index is 0.428. The maximum absolute atomic E-state index is 11.1. The molecule has 1 aromatic rings. The van der Waals surface area contributed by atoms with Crippen molar-refractivity contribution in [3.8, 4) is 0 Å². The van der Waals surface area contributed by atoms with E-state index in [2.05, 4.69) is 42.2 Å². The van der Waals surface area contributed by atoms with Crippen molar-refractivity contribution in [1.82, 2.24) is 4.90 Å². The summed E-state index contributed by atoms with van der Waals surface area (Å²) in [4.78, 5) is 13.6. The lowest BCUT2D eigenvalue weighted by atomic mass is 9.97. The normalized spacial score (nSPS) is 19.2. The number of rotatable bonds is 4. The van der Waals surface area contributed by atoms with Gasteiger partial charge in [-0.3, -0.25) is 4.79 Å². The van der Waals surface area contributed by atoms with E-state index >= 15 is 0 Å². The van der Waals surface area contributed by atoms with Crippen molar-refractivity contribution < 1.29 is 4.79 Å². The fourth-order valence-electron chi connectivity index (χ4n) is 2.35. The number of piperidine rings is 1. The molecule has 2 heteroatoms. The summed E-state index contributed by atoms with van der Waals surface area (Å²) in [5.41, 5.74) is 1.42. The molecule has 0 N–H and O–H groups in total. The van der Waals surface area contributed by atoms with Gasteiger partial charge in [-0.2, -0.15) is 0 Å². The van der Waals surface area contributed by atoms with Gasteiger partial charge in [0.15, 0.2) is 0 Å². The minimum Gasteiger partial charge on any atom is -0.302 e. The number of carbonyl (C=O) groups is 1. The Hall–Kier alpha value is -1.15. The smallest absolute Gasteiger partial charge is 0.135 e. The Balaban J connectivity index is 1.77. The largest absolute Gasteiger partial charge is 0.302 e. The van der Waals surface area contributed by atoms with Gasteiger partial charge in [0.1, 0.15) is 5.78 Å². The molecule has 0 spiro atoms. The molecule has 1 aromatic carbocycles. The van der Waals surface area contributed by atoms with E-state index in [1.807, 2.05) is 0 Å². The van der Waals surface area contributed by atoms with Gasteiger partial charge in [0, 0.05) is 25.9 Å². The molecular weight excluding hydrogens is 210 g/mol. The second kappa shape index (κ2) is 5.97. The first-order valence-corrected chi connectivity index (χ1v) is 6.54. The van der Waals surface area contributed by atoms with Crippen LogP contribution in [0.3, 0.4) is 0 Å². The van der Waals surface area contributed by atoms with Crippen molar-refractivity contribution in [3.63, 3.8) is 0 Å². The van der Waals surface area contributed by atoms with Gasteiger partial charge < -0.3 is 4.90 Å². The highest BCUT2D eigenvalue weighted by atomic mass is 16.1. The minimum absolute atomic E-state index is 0.428. The lowest BCUT2D eigenvalue weighted by Crippen LogP contribution is -2.34. The third-order valence-corrected chi connectivity index (χ3v) is 3.66. The van der Waals surface area contributed by atoms with Crippen LogP contribution in [0.15, 0.2) is 30.3 Å². The van der Waals surface area contributed by atoms with Gasteiger partial charge >= 0.3 is 0 Å². The monoisotopic (exact) mass is 231 g/mol. The predicted molar refractivity (Wildman–Crippen MR) is 70.2 cm³/mol. The number of nitrogens with zero attached hydrogens (tertiary/aromatic N) is 1. The molecule has 92 valence electrons. The van der Waals surface area contributed by atoms with Crippen LogP contribution in [0.25, 0.3) is 0 Å². The van der Waals surface area contributed by atoms with Crippen LogP contribution in [0.1, 0.15) is 37.7 Å². The van der Waals surface area contributed by atoms with Crippen molar-refractivity contribution in [1.29, 1.82) is 0 Å². The molecule has 0 aromatic heterocycles. The van der Waals surface area contributed by atoms with E-state index in [4.69, 9.17) is 0 Å². The van der Waals surface area contributed by atoms with Crippen molar-refractivity contribution in [2.45, 2.75) is 32.1 Å². The Morgan fingerprint density at radius 3 is 2.47 bits per heavy atom. The van der Waals surface area contributed by atoms with Crippen LogP contribution in [-0.4, -0.2) is 30.3 Å². The van der Waals surface area contributed by atoms with Gasteiger partial charge in [-0.05, 0) is 24.4 Å². The topological polar surface area (TPSA) is 20.3 Å². The molecule has 1 aliphatic rings. The molecule has 2 rings (SSSR count). The third-order valence-electron chi connectivity index (χ3n) is 3.66. The molecule has 1 saturated heterocycles. The van der Waals surface area contributed by atoms with E-state index in [1.165, 1.54) is 12.0 Å². The van der Waals surface area contributed by atoms with E-state index in [0.717, 1.165) is 32.5 Å². The average molecular weight is 231 g/mol. The molecular formula is C15H21NO. The van der Waals surface area contributed by atoms with Crippen LogP contribution < -0.4 is 0 Å². The summed E-state index contributed by atoms with van der Waals surface area (Å²) in [6, 6.07) is 10.7. The molecule has 0 aliphatic carbocycles. The molecule has 1 atom stereocenters. The Morgan fingerprint density at radius 2 is 1.82 bits per heavy atom. The highest BCUT2D eigenvalue weighted by Crippen LogP contribution is 2.19. The summed E-state index contributed by atoms with van der Waals surface area (Å²) in [6.07, 6.45) is 2.68. The molecule has 1 fully saturated rings. The number of carbonyl (C=O) groups excluding carboxylic acids is 1. The summed E-state index contributed by atoms with van der Waals surface area (Å²) in [5, 5.41) is 0. The van der Waals surface area contributed by atoms with Crippen LogP contribution in [-0.2, 0) is 4.79 Å². The molecule has 1 unspecified atom stereocenters. The van der Waals surface area contributed by atoms with E-state index in [9.17, 15) is 4.79 Å². The van der Waals surface area contributed by atoms with Gasteiger partial charge in [-0.25, -0.2) is 0 Å². The predicted octanol–water partition coefficient (Wildman–Crippen LogP) is 2.85. The molecule has 2 nitrogen and oxygen atoms in total. The molecule has 0 radical (unpaired) electrons. The van der Waals surface area contributed by atoms with Gasteiger partial charge in [-0.15, -0.1) is 0 Å². The quantitative estimate of drug-likeness (QED) is 0.794. The average Bonchev–Trinajstić information content (AvgIpc) is 2.39. The van der Waals surface area contributed by atoms with E-state index in [0.29, 0.717) is 11.7 Å². The SMILES string of the molecule is CC(CCN1CCC(=O)CC1)c1ccccc1. The molecule has 1 aliphatic heterocycles. The van der Waals surface area contributed by atoms with Gasteiger partial charge in [0.05, 0.1) is 0 Å². The van der Waals surface area contributed by atoms with Crippen molar-refractivity contribution >= 4 is 5.78 Å². The molecule has 1 heterocycles. The second-order valence-electron chi connectivity index (χ2n) is 4.98. The lowest BCUT2D eigenvalue weighted by molar-refractivity contribution is -0.121. The number of ketones is 1. The Kier molecular flexibility index (Phi) is 4.32. The van der Waals surface area contributed by atoms with E-state index < -0.39 is 0 Å². The fourth-order valence-corrected chi connectivity index (χ4v) is 2.35. The highest BCUT2D eigenvalue weighted by molar-refractivity contribution is 5.79. The van der Waals surface area contributed by atoms with Crippen molar-refractivity contribution in [3.05, 3.63) is 35.9 Å². The van der Waals surface area contributed by atoms with Crippen molar-refractivity contribution in [2.75, 3.05) is 19.6 Å². The summed E-state index contributed by atoms with van der Waals surface area (Å²) in [7, 11) is 0. The van der Waals surface area contributed by atoms with Crippen LogP contribution in [0, 0.1) is 0 Å². The highest BCUT2D eigenvalue weighted by Gasteiger charge is 2.16. The maximum atomic E-state index is 11.1. The van der Waals surface area contributed by atoms with E-state index in [1.54, 1.807) is 0 Å². The summed E-state index contributed by atoms with van der Waals surface area (Å²) in [5.74, 6) is 1.03. The van der Waals surface area contributed by atoms with Crippen LogP contribution in [0.5, 0.6) is 0 Å². The van der Waals surface area contributed by atoms with Gasteiger partial charge in [0.2, 0.25) is 0 Å². The van der Waals surface area contributed by atoms with Crippen LogP contribution >= 0.6 is 0 Å². The number of hydrogen-bond donors (Lipinski definition) is 0. The standard InChI is InChI=1S/C15H21NO/c1-13(14-5-3-2-4-6-14)7-10-16-11-8-15(17)9-12-16/h2-6,13H,7-12H2,1H3. The Bertz CT molecular complexity index is 350. The molecule has 17 heavy (non-hydrogen) atoms. The number of hydrogen-bond acceptors (Lipinski definition) is 2. The number of likely N-dealkylation sites (tertiary alicyclic amines) is 1. The maximum Gasteiger partial charge on any atom is 0.135 e. The van der Waals surface area contributed by atoms with E-state index in [-0.39, 0.29) is 0 Å². The zero-order valence-electron chi connectivity index (χ0n) is 10.6. The first-order valence-electron chi connectivity index (χ1n) is 6.54. The van der Waals surface area contributed by atoms with Crippen molar-refractivity contribution in [2.24, 2.45) is 0 Å².